The maximum Gasteiger partial charge on any atom is 0.354 e. The summed E-state index contributed by atoms with van der Waals surface area (Å²) in [5.74, 6) is 3.47. The molecule has 1 aliphatic carbocycles. The Balaban J connectivity index is 1.17. The quantitative estimate of drug-likeness (QED) is 0.624. The minimum absolute atomic E-state index is 0.224. The first-order valence-electron chi connectivity index (χ1n) is 11.3. The van der Waals surface area contributed by atoms with E-state index in [4.69, 9.17) is 0 Å². The summed E-state index contributed by atoms with van der Waals surface area (Å²) in [4.78, 5) is 19.0. The van der Waals surface area contributed by atoms with Crippen LogP contribution < -0.4 is 26.5 Å². The lowest BCUT2D eigenvalue weighted by atomic mass is 10.1. The Kier molecular flexibility index (Phi) is 5.58. The molecule has 1 saturated carbocycles. The van der Waals surface area contributed by atoms with E-state index in [1.54, 1.807) is 4.57 Å². The zero-order valence-corrected chi connectivity index (χ0v) is 17.7. The average Bonchev–Trinajstić information content (AvgIpc) is 3.20. The molecule has 0 amide bonds. The number of hydrogen-bond acceptors (Lipinski definition) is 6. The molecule has 1 aromatic heterocycles. The van der Waals surface area contributed by atoms with E-state index < -0.39 is 0 Å². The average molecular weight is 409 g/mol. The van der Waals surface area contributed by atoms with Crippen molar-refractivity contribution in [1.29, 1.82) is 0 Å². The molecule has 3 aliphatic rings. The molecule has 3 heterocycles. The third-order valence-corrected chi connectivity index (χ3v) is 6.96. The SMILES string of the molecule is CC(Cc1ccc(-n2ccc(N3CCNCC3)nc2=O)cc1)NCC1C2CNCC21. The maximum atomic E-state index is 12.6. The fraction of sp³-hybridized carbons (Fsp3) is 0.565. The molecule has 3 unspecified atom stereocenters. The normalized spacial score (nSPS) is 26.4. The molecule has 5 rings (SSSR count). The number of piperazine rings is 1. The van der Waals surface area contributed by atoms with Gasteiger partial charge in [0.15, 0.2) is 0 Å². The maximum absolute atomic E-state index is 12.6. The predicted octanol–water partition coefficient (Wildman–Crippen LogP) is 0.628. The minimum atomic E-state index is -0.224. The van der Waals surface area contributed by atoms with Gasteiger partial charge in [-0.15, -0.1) is 0 Å². The smallest absolute Gasteiger partial charge is 0.354 e. The van der Waals surface area contributed by atoms with Crippen LogP contribution in [0.3, 0.4) is 0 Å². The Morgan fingerprint density at radius 1 is 1.10 bits per heavy atom. The van der Waals surface area contributed by atoms with E-state index in [9.17, 15) is 4.79 Å². The van der Waals surface area contributed by atoms with E-state index >= 15 is 0 Å². The monoisotopic (exact) mass is 408 g/mol. The second kappa shape index (κ2) is 8.49. The van der Waals surface area contributed by atoms with Crippen LogP contribution in [0.5, 0.6) is 0 Å². The molecule has 0 spiro atoms. The van der Waals surface area contributed by atoms with E-state index in [1.807, 2.05) is 24.4 Å². The molecule has 0 bridgehead atoms. The number of hydrogen-bond donors (Lipinski definition) is 3. The van der Waals surface area contributed by atoms with E-state index in [0.29, 0.717) is 6.04 Å². The van der Waals surface area contributed by atoms with Gasteiger partial charge in [-0.2, -0.15) is 4.98 Å². The molecule has 30 heavy (non-hydrogen) atoms. The first-order valence-corrected chi connectivity index (χ1v) is 11.3. The molecule has 0 radical (unpaired) electrons. The van der Waals surface area contributed by atoms with E-state index in [1.165, 1.54) is 18.7 Å². The van der Waals surface area contributed by atoms with E-state index in [0.717, 1.165) is 68.4 Å². The van der Waals surface area contributed by atoms with Gasteiger partial charge in [-0.25, -0.2) is 4.79 Å². The number of aromatic nitrogens is 2. The summed E-state index contributed by atoms with van der Waals surface area (Å²) < 4.78 is 1.62. The molecule has 3 N–H and O–H groups in total. The Morgan fingerprint density at radius 2 is 1.83 bits per heavy atom. The standard InChI is InChI=1S/C23H32N6O/c1-16(26-15-21-19-13-25-14-20(19)21)12-17-2-4-18(5-3-17)29-9-6-22(27-23(29)30)28-10-7-24-8-11-28/h2-6,9,16,19-21,24-26H,7-8,10-15H2,1H3. The van der Waals surface area contributed by atoms with Gasteiger partial charge in [0.05, 0.1) is 5.69 Å². The Bertz CT molecular complexity index is 910. The van der Waals surface area contributed by atoms with E-state index in [-0.39, 0.29) is 5.69 Å². The van der Waals surface area contributed by atoms with Gasteiger partial charge in [-0.3, -0.25) is 4.57 Å². The number of nitrogens with one attached hydrogen (secondary N) is 3. The van der Waals surface area contributed by atoms with E-state index in [2.05, 4.69) is 44.9 Å². The van der Waals surface area contributed by atoms with Crippen molar-refractivity contribution < 1.29 is 0 Å². The van der Waals surface area contributed by atoms with Crippen LogP contribution in [-0.4, -0.2) is 61.4 Å². The highest BCUT2D eigenvalue weighted by atomic mass is 16.1. The summed E-state index contributed by atoms with van der Waals surface area (Å²) in [5.41, 5.74) is 1.93. The van der Waals surface area contributed by atoms with Gasteiger partial charge in [-0.05, 0) is 74.5 Å². The highest BCUT2D eigenvalue weighted by Gasteiger charge is 2.52. The van der Waals surface area contributed by atoms with Gasteiger partial charge < -0.3 is 20.9 Å². The molecule has 3 fully saturated rings. The van der Waals surface area contributed by atoms with Crippen molar-refractivity contribution in [2.24, 2.45) is 17.8 Å². The van der Waals surface area contributed by atoms with Crippen LogP contribution in [0, 0.1) is 17.8 Å². The van der Waals surface area contributed by atoms with Crippen LogP contribution in [-0.2, 0) is 6.42 Å². The second-order valence-electron chi connectivity index (χ2n) is 9.01. The molecule has 160 valence electrons. The summed E-state index contributed by atoms with van der Waals surface area (Å²) in [6.45, 7) is 9.43. The molecular weight excluding hydrogens is 376 g/mol. The van der Waals surface area contributed by atoms with Crippen LogP contribution in [0.25, 0.3) is 5.69 Å². The molecule has 1 aromatic carbocycles. The van der Waals surface area contributed by atoms with Gasteiger partial charge in [0.2, 0.25) is 0 Å². The van der Waals surface area contributed by atoms with Gasteiger partial charge in [0.25, 0.3) is 0 Å². The van der Waals surface area contributed by atoms with Crippen LogP contribution in [0.2, 0.25) is 0 Å². The molecule has 7 heteroatoms. The largest absolute Gasteiger partial charge is 0.354 e. The van der Waals surface area contributed by atoms with Crippen LogP contribution in [0.15, 0.2) is 41.3 Å². The summed E-state index contributed by atoms with van der Waals surface area (Å²) in [6.07, 6.45) is 2.84. The van der Waals surface area contributed by atoms with Crippen LogP contribution >= 0.6 is 0 Å². The summed E-state index contributed by atoms with van der Waals surface area (Å²) in [5, 5.41) is 10.5. The third-order valence-electron chi connectivity index (χ3n) is 6.96. The van der Waals surface area contributed by atoms with Crippen molar-refractivity contribution in [3.05, 3.63) is 52.6 Å². The zero-order valence-electron chi connectivity index (χ0n) is 17.7. The predicted molar refractivity (Wildman–Crippen MR) is 119 cm³/mol. The lowest BCUT2D eigenvalue weighted by molar-refractivity contribution is 0.483. The molecule has 2 aliphatic heterocycles. The highest BCUT2D eigenvalue weighted by Crippen LogP contribution is 2.48. The minimum Gasteiger partial charge on any atom is -0.354 e. The first-order chi connectivity index (χ1) is 14.7. The molecule has 7 nitrogen and oxygen atoms in total. The van der Waals surface area contributed by atoms with Crippen molar-refractivity contribution in [1.82, 2.24) is 25.5 Å². The van der Waals surface area contributed by atoms with Gasteiger partial charge in [-0.1, -0.05) is 12.1 Å². The van der Waals surface area contributed by atoms with Gasteiger partial charge in [0.1, 0.15) is 5.82 Å². The number of nitrogens with zero attached hydrogens (tertiary/aromatic N) is 3. The summed E-state index contributed by atoms with van der Waals surface area (Å²) in [6, 6.07) is 10.7. The number of anilines is 1. The van der Waals surface area contributed by atoms with Crippen LogP contribution in [0.1, 0.15) is 12.5 Å². The lowest BCUT2D eigenvalue weighted by Crippen LogP contribution is -2.44. The lowest BCUT2D eigenvalue weighted by Gasteiger charge is -2.28. The Labute approximate surface area is 177 Å². The molecule has 2 saturated heterocycles. The highest BCUT2D eigenvalue weighted by molar-refractivity contribution is 5.40. The second-order valence-corrected chi connectivity index (χ2v) is 9.01. The van der Waals surface area contributed by atoms with Crippen molar-refractivity contribution in [2.45, 2.75) is 19.4 Å². The van der Waals surface area contributed by atoms with Crippen molar-refractivity contribution in [3.63, 3.8) is 0 Å². The summed E-state index contributed by atoms with van der Waals surface area (Å²) >= 11 is 0. The topological polar surface area (TPSA) is 74.2 Å². The number of fused-ring (bicyclic) bond motifs is 1. The third kappa shape index (κ3) is 4.15. The number of piperidine rings is 1. The molecular formula is C23H32N6O. The molecule has 2 aromatic rings. The molecule has 3 atom stereocenters. The fourth-order valence-corrected chi connectivity index (χ4v) is 5.07. The van der Waals surface area contributed by atoms with Crippen LogP contribution in [0.4, 0.5) is 5.82 Å². The van der Waals surface area contributed by atoms with Crippen molar-refractivity contribution in [3.8, 4) is 5.69 Å². The Hall–Kier alpha value is -2.22. The summed E-state index contributed by atoms with van der Waals surface area (Å²) in [7, 11) is 0. The first kappa shape index (κ1) is 19.7. The number of benzene rings is 1. The van der Waals surface area contributed by atoms with Crippen molar-refractivity contribution in [2.75, 3.05) is 50.7 Å². The fourth-order valence-electron chi connectivity index (χ4n) is 5.07. The van der Waals surface area contributed by atoms with Gasteiger partial charge >= 0.3 is 5.69 Å². The van der Waals surface area contributed by atoms with Crippen molar-refractivity contribution >= 4 is 5.82 Å². The Morgan fingerprint density at radius 3 is 2.53 bits per heavy atom. The number of rotatable bonds is 7. The van der Waals surface area contributed by atoms with Gasteiger partial charge in [0, 0.05) is 38.4 Å². The zero-order chi connectivity index (χ0) is 20.5.